The zero-order chi connectivity index (χ0) is 15.0. The van der Waals surface area contributed by atoms with Crippen molar-refractivity contribution < 1.29 is 19.1 Å². The van der Waals surface area contributed by atoms with Gasteiger partial charge in [-0.1, -0.05) is 12.1 Å². The molecule has 1 aromatic rings. The van der Waals surface area contributed by atoms with Gasteiger partial charge in [0.15, 0.2) is 0 Å². The van der Waals surface area contributed by atoms with Crippen molar-refractivity contribution >= 4 is 11.8 Å². The van der Waals surface area contributed by atoms with Crippen LogP contribution in [0.1, 0.15) is 12.5 Å². The van der Waals surface area contributed by atoms with Gasteiger partial charge in [-0.05, 0) is 24.6 Å². The second-order valence-corrected chi connectivity index (χ2v) is 4.22. The quantitative estimate of drug-likeness (QED) is 0.714. The van der Waals surface area contributed by atoms with E-state index in [4.69, 9.17) is 15.2 Å². The average molecular weight is 280 g/mol. The van der Waals surface area contributed by atoms with Crippen molar-refractivity contribution in [2.24, 2.45) is 5.73 Å². The lowest BCUT2D eigenvalue weighted by molar-refractivity contribution is -0.130. The predicted molar refractivity (Wildman–Crippen MR) is 74.3 cm³/mol. The van der Waals surface area contributed by atoms with E-state index >= 15 is 0 Å². The SMILES string of the molecule is CCOCC(=O)N[C@@H](Cc1cccc(OC)c1)C(N)=O. The van der Waals surface area contributed by atoms with Crippen LogP contribution < -0.4 is 15.8 Å². The number of primary amides is 1. The highest BCUT2D eigenvalue weighted by atomic mass is 16.5. The van der Waals surface area contributed by atoms with Crippen LogP contribution in [0.2, 0.25) is 0 Å². The fraction of sp³-hybridized carbons (Fsp3) is 0.429. The third-order valence-electron chi connectivity index (χ3n) is 2.69. The molecule has 0 aromatic heterocycles. The Balaban J connectivity index is 2.66. The molecule has 0 heterocycles. The Labute approximate surface area is 118 Å². The van der Waals surface area contributed by atoms with E-state index in [1.165, 1.54) is 0 Å². The highest BCUT2D eigenvalue weighted by molar-refractivity contribution is 5.87. The van der Waals surface area contributed by atoms with E-state index in [-0.39, 0.29) is 12.5 Å². The van der Waals surface area contributed by atoms with Crippen molar-refractivity contribution in [2.45, 2.75) is 19.4 Å². The van der Waals surface area contributed by atoms with Crippen molar-refractivity contribution in [1.29, 1.82) is 0 Å². The molecule has 0 saturated carbocycles. The van der Waals surface area contributed by atoms with Gasteiger partial charge in [-0.2, -0.15) is 0 Å². The number of rotatable bonds is 8. The molecule has 1 atom stereocenters. The standard InChI is InChI=1S/C14H20N2O4/c1-3-20-9-13(17)16-12(14(15)18)8-10-5-4-6-11(7-10)19-2/h4-7,12H,3,8-9H2,1-2H3,(H2,15,18)(H,16,17)/t12-/m0/s1. The van der Waals surface area contributed by atoms with Gasteiger partial charge < -0.3 is 20.5 Å². The molecular formula is C14H20N2O4. The van der Waals surface area contributed by atoms with Gasteiger partial charge in [0, 0.05) is 13.0 Å². The molecule has 0 radical (unpaired) electrons. The molecule has 2 amide bonds. The van der Waals surface area contributed by atoms with E-state index in [1.807, 2.05) is 12.1 Å². The number of ether oxygens (including phenoxy) is 2. The van der Waals surface area contributed by atoms with Crippen LogP contribution >= 0.6 is 0 Å². The third kappa shape index (κ3) is 5.27. The highest BCUT2D eigenvalue weighted by Crippen LogP contribution is 2.14. The number of hydrogen-bond donors (Lipinski definition) is 2. The van der Waals surface area contributed by atoms with E-state index < -0.39 is 11.9 Å². The van der Waals surface area contributed by atoms with Crippen molar-refractivity contribution in [1.82, 2.24) is 5.32 Å². The molecule has 0 aliphatic rings. The minimum Gasteiger partial charge on any atom is -0.497 e. The van der Waals surface area contributed by atoms with Crippen LogP contribution in [-0.4, -0.2) is 38.2 Å². The molecule has 0 saturated heterocycles. The number of carbonyl (C=O) groups is 2. The summed E-state index contributed by atoms with van der Waals surface area (Å²) in [6.45, 7) is 2.14. The third-order valence-corrected chi connectivity index (χ3v) is 2.69. The lowest BCUT2D eigenvalue weighted by Crippen LogP contribution is -2.47. The molecule has 110 valence electrons. The lowest BCUT2D eigenvalue weighted by atomic mass is 10.1. The average Bonchev–Trinajstić information content (AvgIpc) is 2.44. The maximum absolute atomic E-state index is 11.6. The van der Waals surface area contributed by atoms with Gasteiger partial charge in [0.1, 0.15) is 18.4 Å². The Morgan fingerprint density at radius 3 is 2.75 bits per heavy atom. The van der Waals surface area contributed by atoms with E-state index in [2.05, 4.69) is 5.32 Å². The lowest BCUT2D eigenvalue weighted by Gasteiger charge is -2.16. The number of carbonyl (C=O) groups excluding carboxylic acids is 2. The van der Waals surface area contributed by atoms with E-state index in [1.54, 1.807) is 26.2 Å². The predicted octanol–water partition coefficient (Wildman–Crippen LogP) is 0.244. The highest BCUT2D eigenvalue weighted by Gasteiger charge is 2.18. The first kappa shape index (κ1) is 16.0. The Bertz CT molecular complexity index is 462. The summed E-state index contributed by atoms with van der Waals surface area (Å²) in [5.74, 6) is -0.262. The molecule has 0 fully saturated rings. The van der Waals surface area contributed by atoms with Gasteiger partial charge in [-0.3, -0.25) is 9.59 Å². The maximum atomic E-state index is 11.6. The fourth-order valence-corrected chi connectivity index (χ4v) is 1.69. The molecule has 0 spiro atoms. The van der Waals surface area contributed by atoms with Crippen LogP contribution in [0.5, 0.6) is 5.75 Å². The molecule has 0 unspecified atom stereocenters. The number of methoxy groups -OCH3 is 1. The van der Waals surface area contributed by atoms with Crippen LogP contribution in [0.4, 0.5) is 0 Å². The molecule has 0 aliphatic heterocycles. The summed E-state index contributed by atoms with van der Waals surface area (Å²) >= 11 is 0. The summed E-state index contributed by atoms with van der Waals surface area (Å²) in [5.41, 5.74) is 6.16. The first-order chi connectivity index (χ1) is 9.56. The summed E-state index contributed by atoms with van der Waals surface area (Å²) in [6, 6.07) is 6.48. The van der Waals surface area contributed by atoms with E-state index in [0.717, 1.165) is 5.56 Å². The molecule has 1 rings (SSSR count). The normalized spacial score (nSPS) is 11.7. The van der Waals surface area contributed by atoms with Crippen molar-refractivity contribution in [3.8, 4) is 5.75 Å². The maximum Gasteiger partial charge on any atom is 0.246 e. The summed E-state index contributed by atoms with van der Waals surface area (Å²) in [5, 5.41) is 2.56. The van der Waals surface area contributed by atoms with Gasteiger partial charge in [-0.15, -0.1) is 0 Å². The van der Waals surface area contributed by atoms with Crippen LogP contribution in [0.25, 0.3) is 0 Å². The monoisotopic (exact) mass is 280 g/mol. The number of benzene rings is 1. The van der Waals surface area contributed by atoms with Crippen LogP contribution in [-0.2, 0) is 20.7 Å². The van der Waals surface area contributed by atoms with Gasteiger partial charge >= 0.3 is 0 Å². The zero-order valence-corrected chi connectivity index (χ0v) is 11.7. The van der Waals surface area contributed by atoms with Gasteiger partial charge in [0.25, 0.3) is 0 Å². The smallest absolute Gasteiger partial charge is 0.246 e. The number of amides is 2. The number of nitrogens with one attached hydrogen (secondary N) is 1. The van der Waals surface area contributed by atoms with E-state index in [9.17, 15) is 9.59 Å². The molecule has 1 aromatic carbocycles. The molecule has 20 heavy (non-hydrogen) atoms. The van der Waals surface area contributed by atoms with Crippen LogP contribution in [0, 0.1) is 0 Å². The number of hydrogen-bond acceptors (Lipinski definition) is 4. The topological polar surface area (TPSA) is 90.7 Å². The Kier molecular flexibility index (Phi) is 6.52. The second-order valence-electron chi connectivity index (χ2n) is 4.22. The first-order valence-corrected chi connectivity index (χ1v) is 6.36. The molecule has 3 N–H and O–H groups in total. The molecule has 0 aliphatic carbocycles. The van der Waals surface area contributed by atoms with E-state index in [0.29, 0.717) is 18.8 Å². The Morgan fingerprint density at radius 2 is 2.15 bits per heavy atom. The Hall–Kier alpha value is -2.08. The van der Waals surface area contributed by atoms with Crippen molar-refractivity contribution in [2.75, 3.05) is 20.3 Å². The summed E-state index contributed by atoms with van der Waals surface area (Å²) < 4.78 is 10.1. The van der Waals surface area contributed by atoms with Crippen molar-refractivity contribution in [3.63, 3.8) is 0 Å². The molecular weight excluding hydrogens is 260 g/mol. The molecule has 6 nitrogen and oxygen atoms in total. The fourth-order valence-electron chi connectivity index (χ4n) is 1.69. The number of nitrogens with two attached hydrogens (primary N) is 1. The minimum atomic E-state index is -0.768. The summed E-state index contributed by atoms with van der Waals surface area (Å²) in [6.07, 6.45) is 0.310. The molecule has 0 bridgehead atoms. The Morgan fingerprint density at radius 1 is 1.40 bits per heavy atom. The van der Waals surface area contributed by atoms with Gasteiger partial charge in [0.05, 0.1) is 7.11 Å². The molecule has 6 heteroatoms. The largest absolute Gasteiger partial charge is 0.497 e. The van der Waals surface area contributed by atoms with Crippen molar-refractivity contribution in [3.05, 3.63) is 29.8 Å². The summed E-state index contributed by atoms with van der Waals surface area (Å²) in [7, 11) is 1.56. The minimum absolute atomic E-state index is 0.0849. The first-order valence-electron chi connectivity index (χ1n) is 6.36. The zero-order valence-electron chi connectivity index (χ0n) is 11.7. The summed E-state index contributed by atoms with van der Waals surface area (Å²) in [4.78, 5) is 23.0. The van der Waals surface area contributed by atoms with Gasteiger partial charge in [-0.25, -0.2) is 0 Å². The second kappa shape index (κ2) is 8.16. The van der Waals surface area contributed by atoms with Crippen LogP contribution in [0.15, 0.2) is 24.3 Å². The van der Waals surface area contributed by atoms with Crippen LogP contribution in [0.3, 0.4) is 0 Å². The van der Waals surface area contributed by atoms with Gasteiger partial charge in [0.2, 0.25) is 11.8 Å².